The maximum Gasteiger partial charge on any atom is 0.270 e. The van der Waals surface area contributed by atoms with Crippen molar-refractivity contribution in [2.24, 2.45) is 5.73 Å². The molecule has 1 heterocycles. The zero-order valence-electron chi connectivity index (χ0n) is 10.9. The Morgan fingerprint density at radius 2 is 1.89 bits per heavy atom. The summed E-state index contributed by atoms with van der Waals surface area (Å²) < 4.78 is 0. The quantitative estimate of drug-likeness (QED) is 0.875. The van der Waals surface area contributed by atoms with Crippen LogP contribution >= 0.6 is 0 Å². The maximum absolute atomic E-state index is 12.0. The van der Waals surface area contributed by atoms with Crippen molar-refractivity contribution >= 4 is 5.91 Å². The van der Waals surface area contributed by atoms with Crippen LogP contribution in [0.3, 0.4) is 0 Å². The van der Waals surface area contributed by atoms with Gasteiger partial charge in [-0.05, 0) is 29.7 Å². The largest absolute Gasteiger partial charge is 0.347 e. The molecular weight excluding hydrogens is 238 g/mol. The summed E-state index contributed by atoms with van der Waals surface area (Å²) in [6.07, 6.45) is 1.62. The second kappa shape index (κ2) is 6.11. The van der Waals surface area contributed by atoms with Gasteiger partial charge < -0.3 is 11.1 Å². The topological polar surface area (TPSA) is 68.0 Å². The summed E-state index contributed by atoms with van der Waals surface area (Å²) in [6, 6.07) is 11.6. The first-order chi connectivity index (χ1) is 9.20. The van der Waals surface area contributed by atoms with Gasteiger partial charge in [0.2, 0.25) is 0 Å². The van der Waals surface area contributed by atoms with Crippen LogP contribution in [0.5, 0.6) is 0 Å². The fourth-order valence-electron chi connectivity index (χ4n) is 1.78. The van der Waals surface area contributed by atoms with Crippen LogP contribution in [0.1, 0.15) is 27.2 Å². The van der Waals surface area contributed by atoms with Gasteiger partial charge in [-0.15, -0.1) is 0 Å². The van der Waals surface area contributed by atoms with E-state index in [2.05, 4.69) is 10.3 Å². The molecule has 0 aliphatic carbocycles. The second-order valence-corrected chi connectivity index (χ2v) is 4.37. The smallest absolute Gasteiger partial charge is 0.270 e. The van der Waals surface area contributed by atoms with Crippen LogP contribution in [0, 0.1) is 6.92 Å². The predicted molar refractivity (Wildman–Crippen MR) is 74.5 cm³/mol. The summed E-state index contributed by atoms with van der Waals surface area (Å²) in [7, 11) is 0. The van der Waals surface area contributed by atoms with Gasteiger partial charge in [0.1, 0.15) is 5.69 Å². The number of hydrogen-bond acceptors (Lipinski definition) is 3. The average Bonchev–Trinajstić information content (AvgIpc) is 2.46. The molecule has 0 spiro atoms. The Kier molecular flexibility index (Phi) is 4.26. The monoisotopic (exact) mass is 255 g/mol. The van der Waals surface area contributed by atoms with Gasteiger partial charge in [-0.1, -0.05) is 30.3 Å². The standard InChI is InChI=1S/C15H17N3O/c1-11-3-2-8-17-14(11)15(19)18-10-13-6-4-12(9-16)5-7-13/h2-8H,9-10,16H2,1H3,(H,18,19). The molecule has 1 aromatic carbocycles. The summed E-state index contributed by atoms with van der Waals surface area (Å²) in [4.78, 5) is 16.1. The van der Waals surface area contributed by atoms with Crippen LogP contribution < -0.4 is 11.1 Å². The Morgan fingerprint density at radius 3 is 2.53 bits per heavy atom. The summed E-state index contributed by atoms with van der Waals surface area (Å²) in [5.41, 5.74) is 9.00. The molecule has 4 nitrogen and oxygen atoms in total. The van der Waals surface area contributed by atoms with Crippen LogP contribution in [-0.2, 0) is 13.1 Å². The SMILES string of the molecule is Cc1cccnc1C(=O)NCc1ccc(CN)cc1. The Balaban J connectivity index is 1.98. The molecule has 0 saturated carbocycles. The molecule has 0 aliphatic rings. The maximum atomic E-state index is 12.0. The number of amides is 1. The molecule has 1 aromatic heterocycles. The van der Waals surface area contributed by atoms with Crippen LogP contribution in [0.2, 0.25) is 0 Å². The van der Waals surface area contributed by atoms with E-state index in [1.165, 1.54) is 0 Å². The van der Waals surface area contributed by atoms with Gasteiger partial charge in [-0.3, -0.25) is 9.78 Å². The Labute approximate surface area is 112 Å². The molecule has 0 aliphatic heterocycles. The summed E-state index contributed by atoms with van der Waals surface area (Å²) in [5.74, 6) is -0.152. The number of rotatable bonds is 4. The fraction of sp³-hybridized carbons (Fsp3) is 0.200. The minimum absolute atomic E-state index is 0.152. The van der Waals surface area contributed by atoms with Gasteiger partial charge in [-0.2, -0.15) is 0 Å². The highest BCUT2D eigenvalue weighted by Crippen LogP contribution is 2.05. The lowest BCUT2D eigenvalue weighted by atomic mass is 10.1. The molecule has 4 heteroatoms. The summed E-state index contributed by atoms with van der Waals surface area (Å²) in [5, 5.41) is 2.86. The number of aryl methyl sites for hydroxylation is 1. The molecule has 98 valence electrons. The molecule has 0 radical (unpaired) electrons. The van der Waals surface area contributed by atoms with Crippen molar-refractivity contribution in [2.45, 2.75) is 20.0 Å². The van der Waals surface area contributed by atoms with E-state index in [-0.39, 0.29) is 5.91 Å². The first-order valence-electron chi connectivity index (χ1n) is 6.18. The van der Waals surface area contributed by atoms with Crippen molar-refractivity contribution in [1.82, 2.24) is 10.3 Å². The van der Waals surface area contributed by atoms with Crippen molar-refractivity contribution in [3.05, 3.63) is 65.0 Å². The molecule has 2 aromatic rings. The van der Waals surface area contributed by atoms with E-state index in [1.54, 1.807) is 6.20 Å². The van der Waals surface area contributed by atoms with Gasteiger partial charge in [0, 0.05) is 19.3 Å². The molecule has 1 amide bonds. The summed E-state index contributed by atoms with van der Waals surface area (Å²) in [6.45, 7) is 2.89. The lowest BCUT2D eigenvalue weighted by Crippen LogP contribution is -2.24. The molecule has 19 heavy (non-hydrogen) atoms. The predicted octanol–water partition coefficient (Wildman–Crippen LogP) is 1.78. The average molecular weight is 255 g/mol. The number of hydrogen-bond donors (Lipinski definition) is 2. The zero-order valence-corrected chi connectivity index (χ0v) is 10.9. The van der Waals surface area contributed by atoms with Gasteiger partial charge in [-0.25, -0.2) is 0 Å². The highest BCUT2D eigenvalue weighted by atomic mass is 16.1. The molecule has 0 fully saturated rings. The van der Waals surface area contributed by atoms with Crippen molar-refractivity contribution < 1.29 is 4.79 Å². The third kappa shape index (κ3) is 3.39. The van der Waals surface area contributed by atoms with Crippen molar-refractivity contribution in [2.75, 3.05) is 0 Å². The third-order valence-electron chi connectivity index (χ3n) is 2.94. The molecule has 0 saturated heterocycles. The molecule has 0 unspecified atom stereocenters. The normalized spacial score (nSPS) is 10.2. The van der Waals surface area contributed by atoms with Gasteiger partial charge in [0.25, 0.3) is 5.91 Å². The highest BCUT2D eigenvalue weighted by Gasteiger charge is 2.09. The number of carbonyl (C=O) groups excluding carboxylic acids is 1. The Bertz CT molecular complexity index is 564. The molecule has 2 rings (SSSR count). The lowest BCUT2D eigenvalue weighted by Gasteiger charge is -2.07. The van der Waals surface area contributed by atoms with Crippen molar-refractivity contribution in [1.29, 1.82) is 0 Å². The van der Waals surface area contributed by atoms with E-state index in [0.29, 0.717) is 18.8 Å². The molecule has 0 bridgehead atoms. The number of nitrogens with zero attached hydrogens (tertiary/aromatic N) is 1. The first-order valence-corrected chi connectivity index (χ1v) is 6.18. The number of nitrogens with two attached hydrogens (primary N) is 1. The molecule has 0 atom stereocenters. The lowest BCUT2D eigenvalue weighted by molar-refractivity contribution is 0.0945. The molecule has 3 N–H and O–H groups in total. The van der Waals surface area contributed by atoms with Crippen LogP contribution in [-0.4, -0.2) is 10.9 Å². The van der Waals surface area contributed by atoms with E-state index >= 15 is 0 Å². The van der Waals surface area contributed by atoms with E-state index < -0.39 is 0 Å². The van der Waals surface area contributed by atoms with Gasteiger partial charge in [0.05, 0.1) is 0 Å². The zero-order chi connectivity index (χ0) is 13.7. The Morgan fingerprint density at radius 1 is 1.21 bits per heavy atom. The number of carbonyl (C=O) groups is 1. The number of benzene rings is 1. The fourth-order valence-corrected chi connectivity index (χ4v) is 1.78. The van der Waals surface area contributed by atoms with Gasteiger partial charge in [0.15, 0.2) is 0 Å². The van der Waals surface area contributed by atoms with Crippen LogP contribution in [0.15, 0.2) is 42.6 Å². The second-order valence-electron chi connectivity index (χ2n) is 4.37. The summed E-state index contributed by atoms with van der Waals surface area (Å²) >= 11 is 0. The van der Waals surface area contributed by atoms with E-state index in [1.807, 2.05) is 43.3 Å². The number of aromatic nitrogens is 1. The van der Waals surface area contributed by atoms with E-state index in [9.17, 15) is 4.79 Å². The van der Waals surface area contributed by atoms with Crippen LogP contribution in [0.4, 0.5) is 0 Å². The number of pyridine rings is 1. The van der Waals surface area contributed by atoms with E-state index in [0.717, 1.165) is 16.7 Å². The number of nitrogens with one attached hydrogen (secondary N) is 1. The minimum atomic E-state index is -0.152. The van der Waals surface area contributed by atoms with E-state index in [4.69, 9.17) is 5.73 Å². The highest BCUT2D eigenvalue weighted by molar-refractivity contribution is 5.93. The van der Waals surface area contributed by atoms with Gasteiger partial charge >= 0.3 is 0 Å². The third-order valence-corrected chi connectivity index (χ3v) is 2.94. The Hall–Kier alpha value is -2.20. The first kappa shape index (κ1) is 13.2. The van der Waals surface area contributed by atoms with Crippen molar-refractivity contribution in [3.8, 4) is 0 Å². The van der Waals surface area contributed by atoms with Crippen molar-refractivity contribution in [3.63, 3.8) is 0 Å². The van der Waals surface area contributed by atoms with Crippen LogP contribution in [0.25, 0.3) is 0 Å². The minimum Gasteiger partial charge on any atom is -0.347 e. The molecular formula is C15H17N3O.